The zero-order valence-corrected chi connectivity index (χ0v) is 10.2. The summed E-state index contributed by atoms with van der Waals surface area (Å²) in [7, 11) is 0. The lowest BCUT2D eigenvalue weighted by molar-refractivity contribution is -0.0157. The monoisotopic (exact) mass is 210 g/mol. The summed E-state index contributed by atoms with van der Waals surface area (Å²) in [6.07, 6.45) is 13.3. The molecule has 2 rings (SSSR count). The Morgan fingerprint density at radius 2 is 1.47 bits per heavy atom. The Balaban J connectivity index is 1.92. The average molecular weight is 210 g/mol. The van der Waals surface area contributed by atoms with Crippen LogP contribution in [0.2, 0.25) is 0 Å². The van der Waals surface area contributed by atoms with Crippen molar-refractivity contribution in [3.8, 4) is 0 Å². The van der Waals surface area contributed by atoms with E-state index in [1.54, 1.807) is 0 Å². The molecule has 2 atom stereocenters. The number of hydrogen-bond donors (Lipinski definition) is 0. The minimum atomic E-state index is 0.589. The summed E-state index contributed by atoms with van der Waals surface area (Å²) in [5, 5.41) is 0. The molecule has 0 radical (unpaired) electrons. The van der Waals surface area contributed by atoms with E-state index in [0.717, 1.165) is 18.4 Å². The minimum Gasteiger partial charge on any atom is -0.378 e. The molecule has 0 aromatic heterocycles. The van der Waals surface area contributed by atoms with Gasteiger partial charge in [0, 0.05) is 6.61 Å². The highest BCUT2D eigenvalue weighted by Gasteiger charge is 2.29. The lowest BCUT2D eigenvalue weighted by Gasteiger charge is -2.29. The first-order valence-electron chi connectivity index (χ1n) is 6.99. The van der Waals surface area contributed by atoms with Gasteiger partial charge in [-0.1, -0.05) is 39.0 Å². The Bertz CT molecular complexity index is 170. The third-order valence-electron chi connectivity index (χ3n) is 4.29. The predicted octanol–water partition coefficient (Wildman–Crippen LogP) is 4.16. The van der Waals surface area contributed by atoms with Crippen molar-refractivity contribution in [1.29, 1.82) is 0 Å². The molecule has 15 heavy (non-hydrogen) atoms. The van der Waals surface area contributed by atoms with Crippen molar-refractivity contribution in [2.45, 2.75) is 70.8 Å². The van der Waals surface area contributed by atoms with E-state index in [9.17, 15) is 0 Å². The molecule has 1 saturated heterocycles. The van der Waals surface area contributed by atoms with Gasteiger partial charge in [-0.15, -0.1) is 0 Å². The van der Waals surface area contributed by atoms with Crippen LogP contribution in [0.1, 0.15) is 64.7 Å². The van der Waals surface area contributed by atoms with Crippen molar-refractivity contribution in [3.05, 3.63) is 0 Å². The van der Waals surface area contributed by atoms with E-state index in [0.29, 0.717) is 6.10 Å². The maximum Gasteiger partial charge on any atom is 0.0628 e. The molecular formula is C14H26O. The van der Waals surface area contributed by atoms with Crippen LogP contribution in [0.15, 0.2) is 0 Å². The van der Waals surface area contributed by atoms with Gasteiger partial charge in [-0.2, -0.15) is 0 Å². The maximum atomic E-state index is 6.11. The zero-order valence-electron chi connectivity index (χ0n) is 10.2. The molecule has 1 nitrogen and oxygen atoms in total. The quantitative estimate of drug-likeness (QED) is 0.590. The summed E-state index contributed by atoms with van der Waals surface area (Å²) in [5.74, 6) is 1.68. The number of rotatable bonds is 1. The van der Waals surface area contributed by atoms with Crippen LogP contribution in [-0.4, -0.2) is 12.7 Å². The van der Waals surface area contributed by atoms with Crippen molar-refractivity contribution >= 4 is 0 Å². The minimum absolute atomic E-state index is 0.589. The molecule has 1 heterocycles. The number of ether oxygens (including phenoxy) is 1. The van der Waals surface area contributed by atoms with E-state index in [-0.39, 0.29) is 0 Å². The third kappa shape index (κ3) is 3.21. The molecule has 2 fully saturated rings. The zero-order chi connectivity index (χ0) is 10.5. The molecule has 0 amide bonds. The summed E-state index contributed by atoms with van der Waals surface area (Å²) in [5.41, 5.74) is 0. The van der Waals surface area contributed by atoms with Gasteiger partial charge in [0.15, 0.2) is 0 Å². The molecule has 2 unspecified atom stereocenters. The van der Waals surface area contributed by atoms with E-state index >= 15 is 0 Å². The van der Waals surface area contributed by atoms with E-state index in [2.05, 4.69) is 6.92 Å². The average Bonchev–Trinajstić information content (AvgIpc) is 2.59. The molecule has 0 aromatic carbocycles. The van der Waals surface area contributed by atoms with Crippen LogP contribution in [0.3, 0.4) is 0 Å². The molecule has 0 aromatic rings. The maximum absolute atomic E-state index is 6.11. The van der Waals surface area contributed by atoms with Gasteiger partial charge >= 0.3 is 0 Å². The van der Waals surface area contributed by atoms with Gasteiger partial charge in [0.25, 0.3) is 0 Å². The molecule has 1 saturated carbocycles. The van der Waals surface area contributed by atoms with E-state index in [1.165, 1.54) is 57.8 Å². The SMILES string of the molecule is CC1CCCCOC1C1CCCCCC1. The standard InChI is InChI=1S/C14H26O/c1-12-8-6-7-11-15-14(12)13-9-4-2-3-5-10-13/h12-14H,2-11H2,1H3. The Labute approximate surface area is 94.6 Å². The fourth-order valence-electron chi connectivity index (χ4n) is 3.36. The topological polar surface area (TPSA) is 9.23 Å². The first-order chi connectivity index (χ1) is 7.38. The summed E-state index contributed by atoms with van der Waals surface area (Å²) in [6, 6.07) is 0. The van der Waals surface area contributed by atoms with Gasteiger partial charge in [-0.3, -0.25) is 0 Å². The molecule has 2 aliphatic rings. The van der Waals surface area contributed by atoms with Crippen LogP contribution in [0.4, 0.5) is 0 Å². The summed E-state index contributed by atoms with van der Waals surface area (Å²) >= 11 is 0. The van der Waals surface area contributed by atoms with Gasteiger partial charge < -0.3 is 4.74 Å². The van der Waals surface area contributed by atoms with E-state index in [1.807, 2.05) is 0 Å². The molecular weight excluding hydrogens is 184 g/mol. The summed E-state index contributed by atoms with van der Waals surface area (Å²) in [4.78, 5) is 0. The highest BCUT2D eigenvalue weighted by molar-refractivity contribution is 4.79. The van der Waals surface area contributed by atoms with Gasteiger partial charge in [0.1, 0.15) is 0 Å². The normalized spacial score (nSPS) is 35.8. The number of hydrogen-bond acceptors (Lipinski definition) is 1. The van der Waals surface area contributed by atoms with Crippen LogP contribution in [-0.2, 0) is 4.74 Å². The van der Waals surface area contributed by atoms with Crippen LogP contribution in [0.25, 0.3) is 0 Å². The summed E-state index contributed by atoms with van der Waals surface area (Å²) < 4.78 is 6.11. The van der Waals surface area contributed by atoms with Gasteiger partial charge in [-0.05, 0) is 37.5 Å². The van der Waals surface area contributed by atoms with Crippen molar-refractivity contribution in [2.24, 2.45) is 11.8 Å². The third-order valence-corrected chi connectivity index (χ3v) is 4.29. The molecule has 0 spiro atoms. The second-order valence-corrected chi connectivity index (χ2v) is 5.56. The Morgan fingerprint density at radius 1 is 0.800 bits per heavy atom. The predicted molar refractivity (Wildman–Crippen MR) is 63.9 cm³/mol. The molecule has 88 valence electrons. The molecule has 1 aliphatic heterocycles. The van der Waals surface area contributed by atoms with Crippen molar-refractivity contribution < 1.29 is 4.74 Å². The smallest absolute Gasteiger partial charge is 0.0628 e. The first-order valence-corrected chi connectivity index (χ1v) is 6.99. The molecule has 0 bridgehead atoms. The first kappa shape index (κ1) is 11.4. The van der Waals surface area contributed by atoms with E-state index in [4.69, 9.17) is 4.74 Å². The lowest BCUT2D eigenvalue weighted by atomic mass is 9.85. The van der Waals surface area contributed by atoms with Crippen molar-refractivity contribution in [1.82, 2.24) is 0 Å². The molecule has 1 heteroatoms. The van der Waals surface area contributed by atoms with Gasteiger partial charge in [0.05, 0.1) is 6.10 Å². The fraction of sp³-hybridized carbons (Fsp3) is 1.00. The van der Waals surface area contributed by atoms with Crippen LogP contribution < -0.4 is 0 Å². The second-order valence-electron chi connectivity index (χ2n) is 5.56. The molecule has 1 aliphatic carbocycles. The fourth-order valence-corrected chi connectivity index (χ4v) is 3.36. The summed E-state index contributed by atoms with van der Waals surface area (Å²) in [6.45, 7) is 3.42. The van der Waals surface area contributed by atoms with E-state index < -0.39 is 0 Å². The largest absolute Gasteiger partial charge is 0.378 e. The van der Waals surface area contributed by atoms with Gasteiger partial charge in [0.2, 0.25) is 0 Å². The Morgan fingerprint density at radius 3 is 2.20 bits per heavy atom. The van der Waals surface area contributed by atoms with Crippen LogP contribution in [0, 0.1) is 11.8 Å². The van der Waals surface area contributed by atoms with Gasteiger partial charge in [-0.25, -0.2) is 0 Å². The highest BCUT2D eigenvalue weighted by Crippen LogP contribution is 2.33. The second kappa shape index (κ2) is 5.89. The highest BCUT2D eigenvalue weighted by atomic mass is 16.5. The van der Waals surface area contributed by atoms with Crippen molar-refractivity contribution in [3.63, 3.8) is 0 Å². The lowest BCUT2D eigenvalue weighted by Crippen LogP contribution is -2.29. The van der Waals surface area contributed by atoms with Crippen LogP contribution >= 0.6 is 0 Å². The Kier molecular flexibility index (Phi) is 4.49. The van der Waals surface area contributed by atoms with Crippen molar-refractivity contribution in [2.75, 3.05) is 6.61 Å². The molecule has 0 N–H and O–H groups in total. The Hall–Kier alpha value is -0.0400. The van der Waals surface area contributed by atoms with Crippen LogP contribution in [0.5, 0.6) is 0 Å².